The third-order valence-electron chi connectivity index (χ3n) is 4.68. The highest BCUT2D eigenvalue weighted by Crippen LogP contribution is 2.28. The number of benzene rings is 1. The normalized spacial score (nSPS) is 13.2. The number of anilines is 1. The molecule has 0 unspecified atom stereocenters. The van der Waals surface area contributed by atoms with E-state index in [2.05, 4.69) is 32.5 Å². The summed E-state index contributed by atoms with van der Waals surface area (Å²) in [6, 6.07) is 5.57. The molecule has 0 saturated carbocycles. The largest absolute Gasteiger partial charge is 0.482 e. The van der Waals surface area contributed by atoms with Gasteiger partial charge in [-0.2, -0.15) is 0 Å². The quantitative estimate of drug-likeness (QED) is 0.398. The molecule has 168 valence electrons. The smallest absolute Gasteiger partial charge is 0.339 e. The molecule has 2 amide bonds. The fourth-order valence-electron chi connectivity index (χ4n) is 2.78. The van der Waals surface area contributed by atoms with E-state index in [9.17, 15) is 14.4 Å². The predicted octanol–water partition coefficient (Wildman–Crippen LogP) is 1.66. The number of amides is 2. The molecule has 32 heavy (non-hydrogen) atoms. The van der Waals surface area contributed by atoms with Crippen molar-refractivity contribution in [1.82, 2.24) is 20.3 Å². The molecule has 3 aromatic rings. The molecule has 1 aliphatic heterocycles. The van der Waals surface area contributed by atoms with E-state index in [1.54, 1.807) is 18.2 Å². The first-order valence-electron chi connectivity index (χ1n) is 9.94. The Morgan fingerprint density at radius 3 is 2.78 bits per heavy atom. The fraction of sp³-hybridized carbons (Fsp3) is 0.286. The number of nitrogens with one attached hydrogen (secondary N) is 3. The van der Waals surface area contributed by atoms with Gasteiger partial charge in [0.05, 0.1) is 11.2 Å². The molecule has 0 fully saturated rings. The number of aromatic carboxylic acids is 1. The second kappa shape index (κ2) is 9.88. The molecule has 11 nitrogen and oxygen atoms in total. The summed E-state index contributed by atoms with van der Waals surface area (Å²) in [4.78, 5) is 45.7. The van der Waals surface area contributed by atoms with Gasteiger partial charge >= 0.3 is 5.97 Å². The monoisotopic (exact) mass is 440 g/mol. The Bertz CT molecular complexity index is 1160. The van der Waals surface area contributed by atoms with Crippen molar-refractivity contribution in [3.8, 4) is 5.75 Å². The Morgan fingerprint density at radius 2 is 2.09 bits per heavy atom. The molecule has 2 aromatic heterocycles. The van der Waals surface area contributed by atoms with Gasteiger partial charge in [0.1, 0.15) is 23.2 Å². The van der Waals surface area contributed by atoms with E-state index in [0.717, 1.165) is 18.3 Å². The number of nitrogens with zero attached hydrogens (tertiary/aromatic N) is 2. The van der Waals surface area contributed by atoms with Gasteiger partial charge < -0.3 is 31.2 Å². The van der Waals surface area contributed by atoms with E-state index in [0.29, 0.717) is 17.5 Å². The number of fused-ring (bicyclic) bond motifs is 2. The standard InChI is InChI=1S/C17H13N5O5.C4H11N/c23-12-6-27-11-2-1-8(3-10(11)22-12)4-19-16(24)15-14-13(20-7-21-15)9(5-18-14)17(25)26;1-3-4(2)5/h1-3,5,7,18H,4,6H2,(H,19,24)(H,22,23)(H,25,26);4H,3,5H2,1-2H3/t;4-/m.0/s1. The molecule has 0 radical (unpaired) electrons. The summed E-state index contributed by atoms with van der Waals surface area (Å²) >= 11 is 0. The Kier molecular flexibility index (Phi) is 7.00. The highest BCUT2D eigenvalue weighted by atomic mass is 16.5. The Morgan fingerprint density at radius 1 is 1.34 bits per heavy atom. The number of carbonyl (C=O) groups excluding carboxylic acids is 2. The lowest BCUT2D eigenvalue weighted by Crippen LogP contribution is -2.26. The first kappa shape index (κ1) is 22.7. The van der Waals surface area contributed by atoms with Crippen LogP contribution in [0.15, 0.2) is 30.7 Å². The zero-order chi connectivity index (χ0) is 23.3. The number of hydrogen-bond acceptors (Lipinski definition) is 7. The molecule has 0 saturated heterocycles. The summed E-state index contributed by atoms with van der Waals surface area (Å²) in [5, 5.41) is 14.6. The second-order valence-corrected chi connectivity index (χ2v) is 7.19. The fourth-order valence-corrected chi connectivity index (χ4v) is 2.78. The summed E-state index contributed by atoms with van der Waals surface area (Å²) in [5.41, 5.74) is 7.00. The maximum atomic E-state index is 12.5. The van der Waals surface area contributed by atoms with E-state index in [-0.39, 0.29) is 41.3 Å². The molecule has 0 aliphatic carbocycles. The minimum atomic E-state index is -1.15. The molecule has 1 aliphatic rings. The topological polar surface area (TPSA) is 172 Å². The van der Waals surface area contributed by atoms with Crippen LogP contribution in [0.5, 0.6) is 5.75 Å². The van der Waals surface area contributed by atoms with E-state index in [4.69, 9.17) is 15.6 Å². The van der Waals surface area contributed by atoms with Crippen molar-refractivity contribution in [3.63, 3.8) is 0 Å². The molecule has 3 heterocycles. The zero-order valence-electron chi connectivity index (χ0n) is 17.6. The van der Waals surface area contributed by atoms with E-state index in [1.165, 1.54) is 6.20 Å². The van der Waals surface area contributed by atoms with Crippen molar-refractivity contribution in [1.29, 1.82) is 0 Å². The summed E-state index contributed by atoms with van der Waals surface area (Å²) in [5.74, 6) is -1.31. The molecule has 6 N–H and O–H groups in total. The van der Waals surface area contributed by atoms with Crippen LogP contribution in [0.4, 0.5) is 5.69 Å². The number of aromatic amines is 1. The second-order valence-electron chi connectivity index (χ2n) is 7.19. The molecule has 11 heteroatoms. The lowest BCUT2D eigenvalue weighted by atomic mass is 10.1. The van der Waals surface area contributed by atoms with Gasteiger partial charge in [0.25, 0.3) is 11.8 Å². The van der Waals surface area contributed by atoms with Crippen LogP contribution >= 0.6 is 0 Å². The lowest BCUT2D eigenvalue weighted by molar-refractivity contribution is -0.118. The minimum absolute atomic E-state index is 0.0265. The van der Waals surface area contributed by atoms with Gasteiger partial charge in [-0.1, -0.05) is 13.0 Å². The van der Waals surface area contributed by atoms with Gasteiger partial charge in [0.2, 0.25) is 0 Å². The van der Waals surface area contributed by atoms with Gasteiger partial charge in [0.15, 0.2) is 12.3 Å². The number of aromatic nitrogens is 3. The molecule has 0 spiro atoms. The van der Waals surface area contributed by atoms with Crippen molar-refractivity contribution in [2.75, 3.05) is 11.9 Å². The number of nitrogens with two attached hydrogens (primary N) is 1. The number of rotatable bonds is 5. The SMILES string of the molecule is CC[C@H](C)N.O=C1COc2ccc(CNC(=O)c3ncnc4c(C(=O)O)c[nH]c34)cc2N1. The Hall–Kier alpha value is -3.99. The first-order valence-corrected chi connectivity index (χ1v) is 9.94. The molecule has 0 bridgehead atoms. The Labute approximate surface area is 183 Å². The van der Waals surface area contributed by atoms with Crippen LogP contribution in [-0.2, 0) is 11.3 Å². The van der Waals surface area contributed by atoms with E-state index in [1.807, 2.05) is 6.92 Å². The molecule has 4 rings (SSSR count). The number of carboxylic acids is 1. The van der Waals surface area contributed by atoms with Crippen LogP contribution in [-0.4, -0.2) is 50.5 Å². The van der Waals surface area contributed by atoms with Gasteiger partial charge in [-0.15, -0.1) is 0 Å². The maximum Gasteiger partial charge on any atom is 0.339 e. The number of carbonyl (C=O) groups is 3. The summed E-state index contributed by atoms with van der Waals surface area (Å²) in [6.45, 7) is 4.23. The molecule has 1 atom stereocenters. The van der Waals surface area contributed by atoms with Crippen LogP contribution in [0.2, 0.25) is 0 Å². The highest BCUT2D eigenvalue weighted by molar-refractivity contribution is 6.08. The number of ether oxygens (including phenoxy) is 1. The average molecular weight is 440 g/mol. The highest BCUT2D eigenvalue weighted by Gasteiger charge is 2.20. The maximum absolute atomic E-state index is 12.5. The zero-order valence-corrected chi connectivity index (χ0v) is 17.6. The van der Waals surface area contributed by atoms with Crippen molar-refractivity contribution < 1.29 is 24.2 Å². The summed E-state index contributed by atoms with van der Waals surface area (Å²) < 4.78 is 5.29. The summed E-state index contributed by atoms with van der Waals surface area (Å²) in [7, 11) is 0. The van der Waals surface area contributed by atoms with Gasteiger partial charge in [-0.3, -0.25) is 9.59 Å². The van der Waals surface area contributed by atoms with Crippen LogP contribution in [0.3, 0.4) is 0 Å². The van der Waals surface area contributed by atoms with Crippen LogP contribution < -0.4 is 21.1 Å². The third-order valence-corrected chi connectivity index (χ3v) is 4.68. The van der Waals surface area contributed by atoms with Crippen molar-refractivity contribution >= 4 is 34.5 Å². The predicted molar refractivity (Wildman–Crippen MR) is 117 cm³/mol. The Balaban J connectivity index is 0.000000523. The van der Waals surface area contributed by atoms with E-state index >= 15 is 0 Å². The molecular weight excluding hydrogens is 416 g/mol. The number of H-pyrrole nitrogens is 1. The number of hydrogen-bond donors (Lipinski definition) is 5. The van der Waals surface area contributed by atoms with Gasteiger partial charge in [-0.25, -0.2) is 14.8 Å². The van der Waals surface area contributed by atoms with Crippen molar-refractivity contribution in [2.45, 2.75) is 32.9 Å². The van der Waals surface area contributed by atoms with Crippen LogP contribution in [0, 0.1) is 0 Å². The van der Waals surface area contributed by atoms with Crippen LogP contribution in [0.25, 0.3) is 11.0 Å². The summed E-state index contributed by atoms with van der Waals surface area (Å²) in [6.07, 6.45) is 3.49. The third kappa shape index (κ3) is 5.19. The lowest BCUT2D eigenvalue weighted by Gasteiger charge is -2.18. The van der Waals surface area contributed by atoms with Crippen molar-refractivity contribution in [2.24, 2.45) is 5.73 Å². The first-order chi connectivity index (χ1) is 15.3. The minimum Gasteiger partial charge on any atom is -0.482 e. The van der Waals surface area contributed by atoms with Gasteiger partial charge in [-0.05, 0) is 31.0 Å². The van der Waals surface area contributed by atoms with Crippen molar-refractivity contribution in [3.05, 3.63) is 47.5 Å². The molecular formula is C21H24N6O5. The van der Waals surface area contributed by atoms with Gasteiger partial charge in [0, 0.05) is 18.8 Å². The number of carboxylic acid groups (broad SMARTS) is 1. The van der Waals surface area contributed by atoms with E-state index < -0.39 is 11.9 Å². The average Bonchev–Trinajstić information content (AvgIpc) is 3.22. The molecule has 1 aromatic carbocycles. The van der Waals surface area contributed by atoms with Crippen LogP contribution in [0.1, 0.15) is 46.7 Å².